The van der Waals surface area contributed by atoms with Gasteiger partial charge in [-0.25, -0.2) is 4.79 Å². The predicted molar refractivity (Wildman–Crippen MR) is 379 cm³/mol. The maximum absolute atomic E-state index is 14.8. The van der Waals surface area contributed by atoms with E-state index in [2.05, 4.69) is 82.5 Å². The Balaban J connectivity index is 2.70. The lowest BCUT2D eigenvalue weighted by molar-refractivity contribution is -0.142. The number of benzene rings is 1. The van der Waals surface area contributed by atoms with Gasteiger partial charge >= 0.3 is 11.9 Å². The van der Waals surface area contributed by atoms with Crippen molar-refractivity contribution in [2.45, 2.75) is 164 Å². The number of carboxylic acid groups (broad SMARTS) is 2. The number of rotatable bonds is 50. The van der Waals surface area contributed by atoms with E-state index in [0.29, 0.717) is 5.56 Å². The molecule has 0 bridgehead atoms. The Bertz CT molecular complexity index is 3250. The van der Waals surface area contributed by atoms with Crippen LogP contribution in [0.2, 0.25) is 0 Å². The molecule has 43 nitrogen and oxygen atoms in total. The fourth-order valence-corrected chi connectivity index (χ4v) is 9.75. The number of guanidine groups is 7. The smallest absolute Gasteiger partial charge is 0.326 e. The number of aliphatic imine (C=N–C) groups is 7. The number of carbonyl (C=O) groups is 10. The van der Waals surface area contributed by atoms with Gasteiger partial charge in [-0.3, -0.25) is 78.1 Å². The molecule has 0 aliphatic heterocycles. The molecule has 43 heteroatoms. The van der Waals surface area contributed by atoms with Crippen LogP contribution in [0.4, 0.5) is 0 Å². The van der Waals surface area contributed by atoms with Crippen LogP contribution in [0.5, 0.6) is 0 Å². The van der Waals surface area contributed by atoms with Gasteiger partial charge in [0.2, 0.25) is 47.3 Å². The second kappa shape index (κ2) is 46.5. The highest BCUT2D eigenvalue weighted by Gasteiger charge is 2.35. The first-order valence-corrected chi connectivity index (χ1v) is 32.3. The number of aliphatic carboxylic acids is 2. The zero-order valence-electron chi connectivity index (χ0n) is 56.3. The maximum atomic E-state index is 14.8. The van der Waals surface area contributed by atoms with Gasteiger partial charge in [-0.2, -0.15) is 0 Å². The van der Waals surface area contributed by atoms with Gasteiger partial charge in [0.25, 0.3) is 0 Å². The van der Waals surface area contributed by atoms with Crippen LogP contribution in [-0.4, -0.2) is 216 Å². The van der Waals surface area contributed by atoms with Crippen molar-refractivity contribution in [3.63, 3.8) is 0 Å². The third-order valence-corrected chi connectivity index (χ3v) is 14.8. The third-order valence-electron chi connectivity index (χ3n) is 14.8. The van der Waals surface area contributed by atoms with Crippen molar-refractivity contribution in [2.24, 2.45) is 121 Å². The molecule has 1 heterocycles. The third kappa shape index (κ3) is 36.5. The molecule has 0 spiro atoms. The molecule has 2 rings (SSSR count). The molecule has 0 saturated heterocycles. The molecular formula is C58H103N31O12. The van der Waals surface area contributed by atoms with Crippen molar-refractivity contribution in [1.82, 2.24) is 47.5 Å². The molecule has 1 aromatic heterocycles. The average molecular weight is 1430 g/mol. The summed E-state index contributed by atoms with van der Waals surface area (Å²) in [6.07, 6.45) is -0.553. The molecule has 0 aliphatic carbocycles. The number of H-pyrrole nitrogens is 1. The van der Waals surface area contributed by atoms with E-state index in [1.807, 2.05) is 18.2 Å². The number of para-hydroxylation sites is 1. The van der Waals surface area contributed by atoms with Gasteiger partial charge in [0, 0.05) is 69.3 Å². The molecule has 101 heavy (non-hydrogen) atoms. The van der Waals surface area contributed by atoms with Crippen LogP contribution in [0.1, 0.15) is 108 Å². The quantitative estimate of drug-likeness (QED) is 0.0166. The van der Waals surface area contributed by atoms with Crippen LogP contribution >= 0.6 is 0 Å². The Labute approximate surface area is 582 Å². The number of hydrogen-bond donors (Lipinski definition) is 26. The summed E-state index contributed by atoms with van der Waals surface area (Å²) in [6, 6.07) is -6.33. The van der Waals surface area contributed by atoms with Crippen molar-refractivity contribution < 1.29 is 58.2 Å². The van der Waals surface area contributed by atoms with Crippen molar-refractivity contribution >= 4 is 112 Å². The van der Waals surface area contributed by atoms with E-state index in [1.54, 1.807) is 12.3 Å². The lowest BCUT2D eigenvalue weighted by atomic mass is 10.0. The van der Waals surface area contributed by atoms with Gasteiger partial charge in [-0.05, 0) is 114 Å². The number of nitrogens with two attached hydrogens (primary N) is 15. The van der Waals surface area contributed by atoms with Gasteiger partial charge in [0.1, 0.15) is 48.3 Å². The number of amides is 8. The molecule has 2 aromatic rings. The molecule has 8 amide bonds. The number of hydrogen-bond acceptors (Lipinski definition) is 18. The molecule has 562 valence electrons. The van der Waals surface area contributed by atoms with Crippen LogP contribution in [0, 0.1) is 0 Å². The monoisotopic (exact) mass is 1430 g/mol. The van der Waals surface area contributed by atoms with E-state index >= 15 is 0 Å². The van der Waals surface area contributed by atoms with Gasteiger partial charge < -0.3 is 144 Å². The lowest BCUT2D eigenvalue weighted by Gasteiger charge is -2.28. The molecular weight excluding hydrogens is 1320 g/mol. The SMILES string of the molecule is NC(N)=NCCC[C@H](NC(=O)[C@H](CCCN=C(N)N)NC(=O)[C@H](CCCN=C(N)N)NC(=O)[C@H](CCCN=C(N)N)NC(=O)[C@H](CCCN=C(N)N)NC(=O)[C@H](CCCN=C(N)N)NC(=O)[C@H](CCCN=C(N)N)NC(=O)[C@H](CCC(=O)O)NC(=O)[C@@H](N)Cc1c[nH]c2ccccc12)C(=O)O. The Hall–Kier alpha value is -11.7. The highest BCUT2D eigenvalue weighted by molar-refractivity contribution is 5.98. The summed E-state index contributed by atoms with van der Waals surface area (Å²) in [7, 11) is 0. The zero-order valence-corrected chi connectivity index (χ0v) is 56.3. The van der Waals surface area contributed by atoms with Crippen LogP contribution < -0.4 is 129 Å². The van der Waals surface area contributed by atoms with E-state index in [4.69, 9.17) is 86.0 Å². The van der Waals surface area contributed by atoms with Gasteiger partial charge in [-0.1, -0.05) is 18.2 Å². The minimum atomic E-state index is -1.59. The van der Waals surface area contributed by atoms with Crippen molar-refractivity contribution in [1.29, 1.82) is 0 Å². The minimum Gasteiger partial charge on any atom is -0.481 e. The number of aromatic nitrogens is 1. The average Bonchev–Trinajstić information content (AvgIpc) is 1.72. The summed E-state index contributed by atoms with van der Waals surface area (Å²) < 4.78 is 0. The number of nitrogens with zero attached hydrogens (tertiary/aromatic N) is 7. The minimum absolute atomic E-state index is 0.000468. The Morgan fingerprint density at radius 2 is 0.584 bits per heavy atom. The topological polar surface area (TPSA) is 800 Å². The second-order valence-corrected chi connectivity index (χ2v) is 23.1. The number of carboxylic acids is 2. The van der Waals surface area contributed by atoms with Crippen molar-refractivity contribution in [3.05, 3.63) is 36.0 Å². The standard InChI is InChI=1S/C58H103N31O12/c59-32(28-30-29-81-33-11-2-1-10-31(30)33)43(92)82-40(19-20-42(90)91)50(99)88-38(16-7-25-78-56(68)69)48(97)86-36(14-5-23-76-54(64)65)46(95)84-34(12-3-21-74-52(60)61)44(93)83-35(13-4-22-75-53(62)63)45(94)85-37(15-6-24-77-55(66)67)47(96)87-39(17-8-26-79-57(70)71)49(98)89-41(51(100)101)18-9-27-80-58(72)73/h1-2,10-11,29,32,34-41,81H,3-9,12-28,59H2,(H,82,92)(H,83,93)(H,84,95)(H,85,94)(H,86,97)(H,87,96)(H,88,99)(H,89,98)(H,90,91)(H,100,101)(H4,60,61,74)(H4,62,63,75)(H4,64,65,76)(H4,66,67,77)(H4,68,69,78)(H4,70,71,79)(H4,72,73,80)/t32-,34-,35-,36-,37-,38-,39-,40-,41-/m0/s1. The highest BCUT2D eigenvalue weighted by Crippen LogP contribution is 2.19. The van der Waals surface area contributed by atoms with Crippen molar-refractivity contribution in [3.8, 4) is 0 Å². The second-order valence-electron chi connectivity index (χ2n) is 23.1. The fraction of sp³-hybridized carbons (Fsp3) is 0.569. The number of aromatic amines is 1. The largest absolute Gasteiger partial charge is 0.481 e. The van der Waals surface area contributed by atoms with Gasteiger partial charge in [0.05, 0.1) is 6.04 Å². The van der Waals surface area contributed by atoms with E-state index < -0.39 is 126 Å². The van der Waals surface area contributed by atoms with Crippen LogP contribution in [0.3, 0.4) is 0 Å². The Kier molecular flexibility index (Phi) is 39.3. The van der Waals surface area contributed by atoms with Gasteiger partial charge in [0.15, 0.2) is 41.7 Å². The molecule has 1 aromatic carbocycles. The first kappa shape index (κ1) is 85.4. The number of fused-ring (bicyclic) bond motifs is 1. The predicted octanol–water partition coefficient (Wildman–Crippen LogP) is -9.76. The number of carbonyl (C=O) groups excluding carboxylic acids is 8. The number of nitrogens with one attached hydrogen (secondary N) is 9. The molecule has 9 atom stereocenters. The fourth-order valence-electron chi connectivity index (χ4n) is 9.75. The summed E-state index contributed by atoms with van der Waals surface area (Å²) in [6.45, 7) is -0.369. The molecule has 0 unspecified atom stereocenters. The van der Waals surface area contributed by atoms with E-state index in [0.717, 1.165) is 10.9 Å². The summed E-state index contributed by atoms with van der Waals surface area (Å²) >= 11 is 0. The first-order chi connectivity index (χ1) is 47.8. The van der Waals surface area contributed by atoms with Gasteiger partial charge in [-0.15, -0.1) is 0 Å². The van der Waals surface area contributed by atoms with E-state index in [1.165, 1.54) is 0 Å². The van der Waals surface area contributed by atoms with Crippen LogP contribution in [-0.2, 0) is 54.4 Å². The summed E-state index contributed by atoms with van der Waals surface area (Å²) in [5.41, 5.74) is 85.4. The Morgan fingerprint density at radius 1 is 0.347 bits per heavy atom. The molecule has 41 N–H and O–H groups in total. The summed E-state index contributed by atoms with van der Waals surface area (Å²) in [4.78, 5) is 170. The maximum Gasteiger partial charge on any atom is 0.326 e. The molecule has 0 fully saturated rings. The van der Waals surface area contributed by atoms with E-state index in [-0.39, 0.29) is 184 Å². The lowest BCUT2D eigenvalue weighted by Crippen LogP contribution is -2.60. The molecule has 0 radical (unpaired) electrons. The zero-order chi connectivity index (χ0) is 75.6. The summed E-state index contributed by atoms with van der Waals surface area (Å²) in [5, 5.41) is 41.0. The molecule has 0 aliphatic rings. The molecule has 0 saturated carbocycles. The Morgan fingerprint density at radius 3 is 0.842 bits per heavy atom. The van der Waals surface area contributed by atoms with Crippen molar-refractivity contribution in [2.75, 3.05) is 45.8 Å². The van der Waals surface area contributed by atoms with Crippen LogP contribution in [0.15, 0.2) is 65.4 Å². The normalized spacial score (nSPS) is 13.4. The highest BCUT2D eigenvalue weighted by atomic mass is 16.4. The van der Waals surface area contributed by atoms with E-state index in [9.17, 15) is 58.2 Å². The van der Waals surface area contributed by atoms with Crippen LogP contribution in [0.25, 0.3) is 10.9 Å². The first-order valence-electron chi connectivity index (χ1n) is 32.3. The summed E-state index contributed by atoms with van der Waals surface area (Å²) in [5.74, 6) is -12.5.